The first-order valence-corrected chi connectivity index (χ1v) is 15.4. The average Bonchev–Trinajstić information content (AvgIpc) is 3.66. The van der Waals surface area contributed by atoms with E-state index in [0.717, 1.165) is 66.1 Å². The summed E-state index contributed by atoms with van der Waals surface area (Å²) in [6.07, 6.45) is 0. The van der Waals surface area contributed by atoms with Gasteiger partial charge in [-0.2, -0.15) is 0 Å². The molecule has 8 aromatic carbocycles. The van der Waals surface area contributed by atoms with Crippen LogP contribution in [0.2, 0.25) is 0 Å². The van der Waals surface area contributed by atoms with Crippen molar-refractivity contribution in [1.29, 1.82) is 0 Å². The minimum Gasteiger partial charge on any atom is -0.455 e. The van der Waals surface area contributed by atoms with E-state index in [1.165, 1.54) is 37.9 Å². The van der Waals surface area contributed by atoms with Gasteiger partial charge in [0.15, 0.2) is 0 Å². The molecule has 0 aliphatic heterocycles. The predicted molar refractivity (Wildman–Crippen MR) is 189 cm³/mol. The van der Waals surface area contributed by atoms with Crippen LogP contribution >= 0.6 is 0 Å². The van der Waals surface area contributed by atoms with Gasteiger partial charge in [0.25, 0.3) is 0 Å². The van der Waals surface area contributed by atoms with Gasteiger partial charge in [0.1, 0.15) is 22.3 Å². The van der Waals surface area contributed by atoms with Gasteiger partial charge in [0.2, 0.25) is 0 Å². The highest BCUT2D eigenvalue weighted by Crippen LogP contribution is 2.43. The SMILES string of the molecule is Cc1ccc2c(c1)c1cc(-c3cccc4c3oc3ccccc34)ccc1c1ccc(-c3cccc4c3oc3ccccc34)cc12. The topological polar surface area (TPSA) is 26.3 Å². The Morgan fingerprint density at radius 1 is 0.333 bits per heavy atom. The summed E-state index contributed by atoms with van der Waals surface area (Å²) in [7, 11) is 0. The molecule has 45 heavy (non-hydrogen) atoms. The Bertz CT molecular complexity index is 2830. The number of furan rings is 2. The molecule has 2 heteroatoms. The van der Waals surface area contributed by atoms with Crippen molar-refractivity contribution in [1.82, 2.24) is 0 Å². The molecule has 0 fully saturated rings. The second kappa shape index (κ2) is 9.07. The number of hydrogen-bond donors (Lipinski definition) is 0. The van der Waals surface area contributed by atoms with E-state index in [1.54, 1.807) is 0 Å². The largest absolute Gasteiger partial charge is 0.455 e. The molecule has 2 heterocycles. The molecule has 10 aromatic rings. The zero-order valence-electron chi connectivity index (χ0n) is 24.6. The Kier molecular flexibility index (Phi) is 4.95. The van der Waals surface area contributed by atoms with Crippen LogP contribution in [0.15, 0.2) is 148 Å². The van der Waals surface area contributed by atoms with E-state index in [0.29, 0.717) is 0 Å². The fraction of sp³-hybridized carbons (Fsp3) is 0.0233. The lowest BCUT2D eigenvalue weighted by atomic mass is 9.89. The van der Waals surface area contributed by atoms with Crippen LogP contribution in [-0.4, -0.2) is 0 Å². The summed E-state index contributed by atoms with van der Waals surface area (Å²) in [5.74, 6) is 0. The van der Waals surface area contributed by atoms with Crippen molar-refractivity contribution in [3.05, 3.63) is 145 Å². The van der Waals surface area contributed by atoms with Crippen molar-refractivity contribution in [2.24, 2.45) is 0 Å². The van der Waals surface area contributed by atoms with Crippen molar-refractivity contribution in [3.63, 3.8) is 0 Å². The second-order valence-electron chi connectivity index (χ2n) is 12.1. The van der Waals surface area contributed by atoms with Crippen LogP contribution in [-0.2, 0) is 0 Å². The number of fused-ring (bicyclic) bond motifs is 12. The molecule has 0 aliphatic carbocycles. The molecular formula is C43H26O2. The highest BCUT2D eigenvalue weighted by Gasteiger charge is 2.17. The van der Waals surface area contributed by atoms with E-state index < -0.39 is 0 Å². The van der Waals surface area contributed by atoms with Crippen LogP contribution in [0.4, 0.5) is 0 Å². The van der Waals surface area contributed by atoms with Gasteiger partial charge in [-0.15, -0.1) is 0 Å². The van der Waals surface area contributed by atoms with Gasteiger partial charge in [-0.1, -0.05) is 121 Å². The lowest BCUT2D eigenvalue weighted by Crippen LogP contribution is -1.88. The lowest BCUT2D eigenvalue weighted by Gasteiger charge is -2.14. The van der Waals surface area contributed by atoms with Gasteiger partial charge >= 0.3 is 0 Å². The van der Waals surface area contributed by atoms with Crippen LogP contribution in [0, 0.1) is 6.92 Å². The normalized spacial score (nSPS) is 12.1. The van der Waals surface area contributed by atoms with E-state index in [-0.39, 0.29) is 0 Å². The Labute approximate surface area is 258 Å². The van der Waals surface area contributed by atoms with Crippen LogP contribution in [0.25, 0.3) is 98.4 Å². The zero-order valence-corrected chi connectivity index (χ0v) is 24.6. The van der Waals surface area contributed by atoms with Gasteiger partial charge in [0.05, 0.1) is 0 Å². The number of aryl methyl sites for hydroxylation is 1. The molecule has 0 amide bonds. The summed E-state index contributed by atoms with van der Waals surface area (Å²) >= 11 is 0. The molecule has 210 valence electrons. The van der Waals surface area contributed by atoms with Crippen LogP contribution < -0.4 is 0 Å². The first-order valence-electron chi connectivity index (χ1n) is 15.4. The first-order chi connectivity index (χ1) is 22.2. The molecule has 0 spiro atoms. The van der Waals surface area contributed by atoms with Crippen molar-refractivity contribution >= 4 is 76.2 Å². The van der Waals surface area contributed by atoms with E-state index in [1.807, 2.05) is 24.3 Å². The van der Waals surface area contributed by atoms with Gasteiger partial charge in [0, 0.05) is 32.7 Å². The maximum absolute atomic E-state index is 6.42. The number of rotatable bonds is 2. The minimum atomic E-state index is 0.918. The summed E-state index contributed by atoms with van der Waals surface area (Å²) in [5.41, 5.74) is 9.48. The summed E-state index contributed by atoms with van der Waals surface area (Å²) in [6.45, 7) is 2.17. The molecule has 2 aromatic heterocycles. The summed E-state index contributed by atoms with van der Waals surface area (Å²) in [4.78, 5) is 0. The Hall–Kier alpha value is -5.86. The molecular weight excluding hydrogens is 548 g/mol. The smallest absolute Gasteiger partial charge is 0.143 e. The highest BCUT2D eigenvalue weighted by atomic mass is 16.3. The third kappa shape index (κ3) is 3.51. The van der Waals surface area contributed by atoms with Crippen molar-refractivity contribution in [2.45, 2.75) is 6.92 Å². The Balaban J connectivity index is 1.23. The van der Waals surface area contributed by atoms with E-state index >= 15 is 0 Å². The molecule has 0 atom stereocenters. The summed E-state index contributed by atoms with van der Waals surface area (Å²) in [6, 6.07) is 50.1. The van der Waals surface area contributed by atoms with Crippen molar-refractivity contribution < 1.29 is 8.83 Å². The third-order valence-corrected chi connectivity index (χ3v) is 9.52. The molecule has 0 N–H and O–H groups in total. The van der Waals surface area contributed by atoms with Crippen molar-refractivity contribution in [2.75, 3.05) is 0 Å². The van der Waals surface area contributed by atoms with Gasteiger partial charge < -0.3 is 8.83 Å². The molecule has 0 radical (unpaired) electrons. The standard InChI is InChI=1S/C43H26O2/c1-25-16-19-32-37(22-25)39-24-27(29-11-7-13-36-34-9-3-5-15-41(34)45-43(29)36)18-21-31(39)30-20-17-26(23-38(30)32)28-10-6-12-35-33-8-2-4-14-40(33)44-42(28)35/h2-24H,1H3. The van der Waals surface area contributed by atoms with Crippen LogP contribution in [0.1, 0.15) is 5.56 Å². The molecule has 2 nitrogen and oxygen atoms in total. The molecule has 10 rings (SSSR count). The van der Waals surface area contributed by atoms with Gasteiger partial charge in [-0.05, 0) is 74.6 Å². The number of para-hydroxylation sites is 4. The fourth-order valence-corrected chi connectivity index (χ4v) is 7.40. The molecule has 0 saturated carbocycles. The average molecular weight is 575 g/mol. The predicted octanol–water partition coefficient (Wildman–Crippen LogP) is 12.6. The molecule has 0 saturated heterocycles. The van der Waals surface area contributed by atoms with Crippen LogP contribution in [0.3, 0.4) is 0 Å². The van der Waals surface area contributed by atoms with E-state index in [4.69, 9.17) is 8.83 Å². The monoisotopic (exact) mass is 574 g/mol. The minimum absolute atomic E-state index is 0.918. The fourth-order valence-electron chi connectivity index (χ4n) is 7.40. The second-order valence-corrected chi connectivity index (χ2v) is 12.1. The summed E-state index contributed by atoms with van der Waals surface area (Å²) in [5, 5.41) is 12.1. The van der Waals surface area contributed by atoms with E-state index in [9.17, 15) is 0 Å². The molecule has 0 unspecified atom stereocenters. The molecule has 0 bridgehead atoms. The quantitative estimate of drug-likeness (QED) is 0.192. The van der Waals surface area contributed by atoms with Gasteiger partial charge in [-0.3, -0.25) is 0 Å². The lowest BCUT2D eigenvalue weighted by molar-refractivity contribution is 0.669. The van der Waals surface area contributed by atoms with Gasteiger partial charge in [-0.25, -0.2) is 0 Å². The zero-order chi connectivity index (χ0) is 29.6. The maximum Gasteiger partial charge on any atom is 0.143 e. The van der Waals surface area contributed by atoms with Crippen molar-refractivity contribution in [3.8, 4) is 22.3 Å². The summed E-state index contributed by atoms with van der Waals surface area (Å²) < 4.78 is 12.8. The van der Waals surface area contributed by atoms with Crippen LogP contribution in [0.5, 0.6) is 0 Å². The number of benzene rings is 8. The van der Waals surface area contributed by atoms with E-state index in [2.05, 4.69) is 122 Å². The highest BCUT2D eigenvalue weighted by molar-refractivity contribution is 6.27. The first kappa shape index (κ1) is 24.6. The molecule has 0 aliphatic rings. The number of hydrogen-bond acceptors (Lipinski definition) is 2. The third-order valence-electron chi connectivity index (χ3n) is 9.52. The Morgan fingerprint density at radius 2 is 0.778 bits per heavy atom. The maximum atomic E-state index is 6.42. The Morgan fingerprint density at radius 3 is 1.36 bits per heavy atom.